The lowest BCUT2D eigenvalue weighted by Crippen LogP contribution is -1.98. The van der Waals surface area contributed by atoms with Gasteiger partial charge in [-0.1, -0.05) is 0 Å². The van der Waals surface area contributed by atoms with Gasteiger partial charge in [0.25, 0.3) is 0 Å². The standard InChI is InChI=1S/C16H14N4O3/c1-10-6-12(7-11-2-4-17-5-3-11)23-15(10)13(21)8-14(22)16-18-9-19-20-16/h2-6,8-9,22H,7H2,1H3,(H,18,19,20). The van der Waals surface area contributed by atoms with Gasteiger partial charge in [-0.2, -0.15) is 5.10 Å². The highest BCUT2D eigenvalue weighted by Crippen LogP contribution is 2.19. The van der Waals surface area contributed by atoms with Crippen LogP contribution in [0.25, 0.3) is 5.76 Å². The van der Waals surface area contributed by atoms with Crippen molar-refractivity contribution in [2.75, 3.05) is 0 Å². The number of H-pyrrole nitrogens is 1. The van der Waals surface area contributed by atoms with Crippen LogP contribution >= 0.6 is 0 Å². The maximum Gasteiger partial charge on any atom is 0.225 e. The Morgan fingerprint density at radius 2 is 2.17 bits per heavy atom. The first-order chi connectivity index (χ1) is 11.1. The van der Waals surface area contributed by atoms with Gasteiger partial charge in [-0.15, -0.1) is 0 Å². The van der Waals surface area contributed by atoms with Gasteiger partial charge in [-0.25, -0.2) is 4.98 Å². The summed E-state index contributed by atoms with van der Waals surface area (Å²) in [6, 6.07) is 5.58. The summed E-state index contributed by atoms with van der Waals surface area (Å²) in [5.41, 5.74) is 1.74. The molecule has 0 atom stereocenters. The number of allylic oxidation sites excluding steroid dienone is 1. The first-order valence-corrected chi connectivity index (χ1v) is 6.92. The van der Waals surface area contributed by atoms with E-state index in [1.165, 1.54) is 6.33 Å². The number of carbonyl (C=O) groups is 1. The summed E-state index contributed by atoms with van der Waals surface area (Å²) in [5, 5.41) is 15.9. The topological polar surface area (TPSA) is 105 Å². The Kier molecular flexibility index (Phi) is 4.01. The van der Waals surface area contributed by atoms with Crippen molar-refractivity contribution >= 4 is 11.5 Å². The summed E-state index contributed by atoms with van der Waals surface area (Å²) in [4.78, 5) is 20.0. The third kappa shape index (κ3) is 3.34. The van der Waals surface area contributed by atoms with Gasteiger partial charge in [-0.05, 0) is 36.2 Å². The van der Waals surface area contributed by atoms with Crippen molar-refractivity contribution < 1.29 is 14.3 Å². The van der Waals surface area contributed by atoms with Crippen LogP contribution < -0.4 is 0 Å². The lowest BCUT2D eigenvalue weighted by Gasteiger charge is -1.97. The number of aryl methyl sites for hydroxylation is 1. The molecule has 0 aliphatic rings. The molecule has 3 rings (SSSR count). The molecule has 0 radical (unpaired) electrons. The SMILES string of the molecule is Cc1cc(Cc2ccncc2)oc1C(=O)C=C(O)c1ncn[nH]1. The van der Waals surface area contributed by atoms with E-state index >= 15 is 0 Å². The molecule has 0 saturated carbocycles. The van der Waals surface area contributed by atoms with Gasteiger partial charge >= 0.3 is 0 Å². The van der Waals surface area contributed by atoms with Crippen LogP contribution in [0.5, 0.6) is 0 Å². The summed E-state index contributed by atoms with van der Waals surface area (Å²) < 4.78 is 5.63. The Balaban J connectivity index is 1.80. The quantitative estimate of drug-likeness (QED) is 0.426. The van der Waals surface area contributed by atoms with E-state index in [1.54, 1.807) is 19.3 Å². The number of nitrogens with one attached hydrogen (secondary N) is 1. The molecule has 0 aliphatic carbocycles. The fourth-order valence-corrected chi connectivity index (χ4v) is 2.17. The van der Waals surface area contributed by atoms with E-state index in [1.807, 2.05) is 18.2 Å². The minimum Gasteiger partial charge on any atom is -0.504 e. The maximum atomic E-state index is 12.2. The van der Waals surface area contributed by atoms with Crippen molar-refractivity contribution in [1.82, 2.24) is 20.2 Å². The van der Waals surface area contributed by atoms with Crippen LogP contribution in [0, 0.1) is 6.92 Å². The van der Waals surface area contributed by atoms with Crippen molar-refractivity contribution in [1.29, 1.82) is 0 Å². The molecule has 0 bridgehead atoms. The van der Waals surface area contributed by atoms with E-state index in [-0.39, 0.29) is 17.3 Å². The molecule has 0 aromatic carbocycles. The summed E-state index contributed by atoms with van der Waals surface area (Å²) in [6.45, 7) is 1.78. The molecule has 3 heterocycles. The minimum absolute atomic E-state index is 0.125. The number of carbonyl (C=O) groups excluding carboxylic acids is 1. The molecule has 23 heavy (non-hydrogen) atoms. The second-order valence-corrected chi connectivity index (χ2v) is 4.98. The molecular weight excluding hydrogens is 296 g/mol. The predicted octanol–water partition coefficient (Wildman–Crippen LogP) is 2.47. The second-order valence-electron chi connectivity index (χ2n) is 4.98. The predicted molar refractivity (Wildman–Crippen MR) is 81.8 cm³/mol. The minimum atomic E-state index is -0.433. The van der Waals surface area contributed by atoms with Crippen molar-refractivity contribution in [3.63, 3.8) is 0 Å². The van der Waals surface area contributed by atoms with E-state index in [0.717, 1.165) is 11.6 Å². The van der Waals surface area contributed by atoms with E-state index < -0.39 is 5.78 Å². The molecule has 0 amide bonds. The highest BCUT2D eigenvalue weighted by Gasteiger charge is 2.16. The lowest BCUT2D eigenvalue weighted by atomic mass is 10.1. The molecule has 3 aromatic heterocycles. The summed E-state index contributed by atoms with van der Waals surface area (Å²) >= 11 is 0. The van der Waals surface area contributed by atoms with Crippen LogP contribution in [0.3, 0.4) is 0 Å². The average molecular weight is 310 g/mol. The zero-order chi connectivity index (χ0) is 16.2. The van der Waals surface area contributed by atoms with Gasteiger partial charge in [-0.3, -0.25) is 14.9 Å². The molecular formula is C16H14N4O3. The van der Waals surface area contributed by atoms with Gasteiger partial charge in [0, 0.05) is 24.9 Å². The summed E-state index contributed by atoms with van der Waals surface area (Å²) in [6.07, 6.45) is 6.27. The van der Waals surface area contributed by atoms with Crippen LogP contribution in [-0.2, 0) is 6.42 Å². The molecule has 0 spiro atoms. The summed E-state index contributed by atoms with van der Waals surface area (Å²) in [5.74, 6) is 0.264. The molecule has 7 nitrogen and oxygen atoms in total. The van der Waals surface area contributed by atoms with Crippen molar-refractivity contribution in [3.8, 4) is 0 Å². The number of aromatic amines is 1. The normalized spacial score (nSPS) is 11.6. The number of aliphatic hydroxyl groups is 1. The third-order valence-corrected chi connectivity index (χ3v) is 3.25. The Labute approximate surface area is 131 Å². The summed E-state index contributed by atoms with van der Waals surface area (Å²) in [7, 11) is 0. The fourth-order valence-electron chi connectivity index (χ4n) is 2.17. The van der Waals surface area contributed by atoms with E-state index in [0.29, 0.717) is 17.7 Å². The van der Waals surface area contributed by atoms with Crippen LogP contribution in [0.4, 0.5) is 0 Å². The number of aliphatic hydroxyl groups excluding tert-OH is 1. The van der Waals surface area contributed by atoms with Gasteiger partial charge in [0.15, 0.2) is 17.3 Å². The lowest BCUT2D eigenvalue weighted by molar-refractivity contribution is 0.101. The van der Waals surface area contributed by atoms with Crippen molar-refractivity contribution in [3.05, 3.63) is 71.5 Å². The third-order valence-electron chi connectivity index (χ3n) is 3.25. The first kappa shape index (κ1) is 14.7. The largest absolute Gasteiger partial charge is 0.504 e. The Bertz CT molecular complexity index is 836. The number of hydrogen-bond acceptors (Lipinski definition) is 6. The van der Waals surface area contributed by atoms with Gasteiger partial charge in [0.05, 0.1) is 0 Å². The number of rotatable bonds is 5. The van der Waals surface area contributed by atoms with E-state index in [4.69, 9.17) is 4.42 Å². The van der Waals surface area contributed by atoms with Gasteiger partial charge in [0.1, 0.15) is 12.1 Å². The van der Waals surface area contributed by atoms with Crippen molar-refractivity contribution in [2.45, 2.75) is 13.3 Å². The van der Waals surface area contributed by atoms with E-state index in [2.05, 4.69) is 20.2 Å². The molecule has 0 saturated heterocycles. The first-order valence-electron chi connectivity index (χ1n) is 6.92. The monoisotopic (exact) mass is 310 g/mol. The molecule has 0 fully saturated rings. The molecule has 116 valence electrons. The smallest absolute Gasteiger partial charge is 0.225 e. The molecule has 7 heteroatoms. The Hall–Kier alpha value is -3.22. The molecule has 0 unspecified atom stereocenters. The highest BCUT2D eigenvalue weighted by atomic mass is 16.3. The van der Waals surface area contributed by atoms with Crippen LogP contribution in [0.15, 0.2) is 47.4 Å². The fraction of sp³-hybridized carbons (Fsp3) is 0.125. The zero-order valence-electron chi connectivity index (χ0n) is 12.4. The average Bonchev–Trinajstić information content (AvgIpc) is 3.18. The number of pyridine rings is 1. The van der Waals surface area contributed by atoms with Crippen molar-refractivity contribution in [2.24, 2.45) is 0 Å². The Morgan fingerprint density at radius 3 is 2.87 bits per heavy atom. The highest BCUT2D eigenvalue weighted by molar-refractivity contribution is 6.06. The number of aromatic nitrogens is 4. The molecule has 2 N–H and O–H groups in total. The maximum absolute atomic E-state index is 12.2. The van der Waals surface area contributed by atoms with Crippen LogP contribution in [0.1, 0.15) is 33.3 Å². The van der Waals surface area contributed by atoms with Crippen LogP contribution in [0.2, 0.25) is 0 Å². The Morgan fingerprint density at radius 1 is 1.39 bits per heavy atom. The zero-order valence-corrected chi connectivity index (χ0v) is 12.4. The van der Waals surface area contributed by atoms with Crippen LogP contribution in [-0.4, -0.2) is 31.1 Å². The molecule has 3 aromatic rings. The van der Waals surface area contributed by atoms with Gasteiger partial charge in [0.2, 0.25) is 5.78 Å². The number of hydrogen-bond donors (Lipinski definition) is 2. The van der Waals surface area contributed by atoms with Gasteiger partial charge < -0.3 is 9.52 Å². The number of nitrogens with zero attached hydrogens (tertiary/aromatic N) is 3. The number of ketones is 1. The van der Waals surface area contributed by atoms with E-state index in [9.17, 15) is 9.90 Å². The second kappa shape index (κ2) is 6.27. The molecule has 0 aliphatic heterocycles. The number of furan rings is 1.